The second-order valence-corrected chi connectivity index (χ2v) is 2.88. The third kappa shape index (κ3) is 2.31. The Morgan fingerprint density at radius 1 is 1.27 bits per heavy atom. The maximum Gasteiger partial charge on any atom is 0.159 e. The van der Waals surface area contributed by atoms with Crippen molar-refractivity contribution in [3.8, 4) is 0 Å². The summed E-state index contributed by atoms with van der Waals surface area (Å²) in [5, 5.41) is 0. The largest absolute Gasteiger partial charge is 0.356 e. The first-order chi connectivity index (χ1) is 5.38. The van der Waals surface area contributed by atoms with Crippen molar-refractivity contribution < 1.29 is 9.47 Å². The van der Waals surface area contributed by atoms with E-state index in [1.54, 1.807) is 14.2 Å². The smallest absolute Gasteiger partial charge is 0.159 e. The van der Waals surface area contributed by atoms with E-state index in [0.717, 1.165) is 12.8 Å². The Labute approximate surface area is 68.2 Å². The molecule has 1 atom stereocenters. The Hall–Kier alpha value is -0.340. The molecule has 1 aliphatic carbocycles. The van der Waals surface area contributed by atoms with Crippen LogP contribution in [0.1, 0.15) is 19.3 Å². The molecule has 1 rings (SSSR count). The molecule has 0 spiro atoms. The van der Waals surface area contributed by atoms with Crippen LogP contribution in [0.4, 0.5) is 0 Å². The summed E-state index contributed by atoms with van der Waals surface area (Å²) >= 11 is 0. The summed E-state index contributed by atoms with van der Waals surface area (Å²) in [7, 11) is 3.40. The fourth-order valence-electron chi connectivity index (χ4n) is 1.55. The molecule has 0 aliphatic heterocycles. The standard InChI is InChI=1S/C9H16O2/c1-10-9(11-2)8-6-4-3-5-7-8/h3-4,8-9H,5-7H2,1-2H3. The average molecular weight is 156 g/mol. The number of allylic oxidation sites excluding steroid dienone is 2. The first-order valence-corrected chi connectivity index (χ1v) is 4.09. The molecule has 0 saturated carbocycles. The molecule has 0 heterocycles. The summed E-state index contributed by atoms with van der Waals surface area (Å²) in [4.78, 5) is 0. The van der Waals surface area contributed by atoms with Gasteiger partial charge in [0.1, 0.15) is 0 Å². The minimum atomic E-state index is -0.0139. The van der Waals surface area contributed by atoms with Gasteiger partial charge in [0.15, 0.2) is 6.29 Å². The number of methoxy groups -OCH3 is 2. The van der Waals surface area contributed by atoms with Crippen LogP contribution in [-0.2, 0) is 9.47 Å². The van der Waals surface area contributed by atoms with Gasteiger partial charge in [-0.05, 0) is 19.3 Å². The number of rotatable bonds is 3. The highest BCUT2D eigenvalue weighted by molar-refractivity contribution is 4.90. The summed E-state index contributed by atoms with van der Waals surface area (Å²) in [5.41, 5.74) is 0. The van der Waals surface area contributed by atoms with E-state index in [9.17, 15) is 0 Å². The van der Waals surface area contributed by atoms with Crippen molar-refractivity contribution in [3.63, 3.8) is 0 Å². The van der Waals surface area contributed by atoms with Gasteiger partial charge < -0.3 is 9.47 Å². The van der Waals surface area contributed by atoms with E-state index >= 15 is 0 Å². The zero-order valence-corrected chi connectivity index (χ0v) is 7.25. The van der Waals surface area contributed by atoms with Gasteiger partial charge >= 0.3 is 0 Å². The highest BCUT2D eigenvalue weighted by atomic mass is 16.7. The summed E-state index contributed by atoms with van der Waals surface area (Å²) in [6.07, 6.45) is 7.85. The molecular weight excluding hydrogens is 140 g/mol. The SMILES string of the molecule is COC(OC)C1CC=CCC1. The summed E-state index contributed by atoms with van der Waals surface area (Å²) < 4.78 is 10.4. The van der Waals surface area contributed by atoms with Crippen LogP contribution >= 0.6 is 0 Å². The predicted octanol–water partition coefficient (Wildman–Crippen LogP) is 1.96. The number of ether oxygens (including phenoxy) is 2. The summed E-state index contributed by atoms with van der Waals surface area (Å²) in [6.45, 7) is 0. The van der Waals surface area contributed by atoms with Gasteiger partial charge in [-0.2, -0.15) is 0 Å². The fourth-order valence-corrected chi connectivity index (χ4v) is 1.55. The minimum Gasteiger partial charge on any atom is -0.356 e. The third-order valence-electron chi connectivity index (χ3n) is 2.16. The van der Waals surface area contributed by atoms with E-state index in [1.165, 1.54) is 6.42 Å². The van der Waals surface area contributed by atoms with Crippen molar-refractivity contribution in [2.24, 2.45) is 5.92 Å². The Morgan fingerprint density at radius 2 is 2.00 bits per heavy atom. The summed E-state index contributed by atoms with van der Waals surface area (Å²) in [5.74, 6) is 0.551. The summed E-state index contributed by atoms with van der Waals surface area (Å²) in [6, 6.07) is 0. The topological polar surface area (TPSA) is 18.5 Å². The van der Waals surface area contributed by atoms with Crippen molar-refractivity contribution in [1.82, 2.24) is 0 Å². The van der Waals surface area contributed by atoms with Crippen LogP contribution in [-0.4, -0.2) is 20.5 Å². The van der Waals surface area contributed by atoms with Gasteiger partial charge in [-0.15, -0.1) is 0 Å². The van der Waals surface area contributed by atoms with Crippen molar-refractivity contribution in [2.75, 3.05) is 14.2 Å². The average Bonchev–Trinajstić information content (AvgIpc) is 2.09. The van der Waals surface area contributed by atoms with Crippen LogP contribution in [0.15, 0.2) is 12.2 Å². The van der Waals surface area contributed by atoms with Crippen molar-refractivity contribution >= 4 is 0 Å². The fraction of sp³-hybridized carbons (Fsp3) is 0.778. The maximum absolute atomic E-state index is 5.18. The molecule has 0 fully saturated rings. The molecule has 0 amide bonds. The van der Waals surface area contributed by atoms with E-state index in [2.05, 4.69) is 12.2 Å². The third-order valence-corrected chi connectivity index (χ3v) is 2.16. The second kappa shape index (κ2) is 4.52. The van der Waals surface area contributed by atoms with Crippen molar-refractivity contribution in [3.05, 3.63) is 12.2 Å². The second-order valence-electron chi connectivity index (χ2n) is 2.88. The Morgan fingerprint density at radius 3 is 2.45 bits per heavy atom. The van der Waals surface area contributed by atoms with Gasteiger partial charge in [-0.3, -0.25) is 0 Å². The molecule has 64 valence electrons. The van der Waals surface area contributed by atoms with Gasteiger partial charge in [-0.1, -0.05) is 12.2 Å². The molecule has 2 nitrogen and oxygen atoms in total. The molecule has 11 heavy (non-hydrogen) atoms. The van der Waals surface area contributed by atoms with Crippen molar-refractivity contribution in [1.29, 1.82) is 0 Å². The van der Waals surface area contributed by atoms with Crippen LogP contribution in [0, 0.1) is 5.92 Å². The van der Waals surface area contributed by atoms with E-state index in [0.29, 0.717) is 5.92 Å². The lowest BCUT2D eigenvalue weighted by Crippen LogP contribution is -2.25. The van der Waals surface area contributed by atoms with Gasteiger partial charge in [0.25, 0.3) is 0 Å². The van der Waals surface area contributed by atoms with Gasteiger partial charge in [0.05, 0.1) is 0 Å². The first-order valence-electron chi connectivity index (χ1n) is 4.09. The van der Waals surface area contributed by atoms with E-state index in [4.69, 9.17) is 9.47 Å². The molecule has 0 bridgehead atoms. The molecule has 1 unspecified atom stereocenters. The van der Waals surface area contributed by atoms with Crippen LogP contribution in [0.25, 0.3) is 0 Å². The molecule has 0 radical (unpaired) electrons. The molecule has 0 N–H and O–H groups in total. The lowest BCUT2D eigenvalue weighted by molar-refractivity contribution is -0.138. The van der Waals surface area contributed by atoms with E-state index < -0.39 is 0 Å². The first kappa shape index (κ1) is 8.75. The van der Waals surface area contributed by atoms with E-state index in [1.807, 2.05) is 0 Å². The van der Waals surface area contributed by atoms with Gasteiger partial charge in [0.2, 0.25) is 0 Å². The highest BCUT2D eigenvalue weighted by Gasteiger charge is 2.20. The van der Waals surface area contributed by atoms with E-state index in [-0.39, 0.29) is 6.29 Å². The van der Waals surface area contributed by atoms with Crippen LogP contribution in [0.3, 0.4) is 0 Å². The molecule has 0 saturated heterocycles. The quantitative estimate of drug-likeness (QED) is 0.459. The maximum atomic E-state index is 5.18. The molecule has 0 aromatic rings. The zero-order valence-electron chi connectivity index (χ0n) is 7.25. The normalized spacial score (nSPS) is 24.5. The van der Waals surface area contributed by atoms with Crippen LogP contribution in [0.5, 0.6) is 0 Å². The van der Waals surface area contributed by atoms with Crippen LogP contribution < -0.4 is 0 Å². The molecule has 1 aliphatic rings. The monoisotopic (exact) mass is 156 g/mol. The highest BCUT2D eigenvalue weighted by Crippen LogP contribution is 2.23. The Balaban J connectivity index is 2.38. The zero-order chi connectivity index (χ0) is 8.10. The molecule has 2 heteroatoms. The molecule has 0 aromatic heterocycles. The Kier molecular flexibility index (Phi) is 3.60. The predicted molar refractivity (Wildman–Crippen MR) is 44.3 cm³/mol. The lowest BCUT2D eigenvalue weighted by atomic mass is 9.94. The van der Waals surface area contributed by atoms with Crippen molar-refractivity contribution in [2.45, 2.75) is 25.6 Å². The van der Waals surface area contributed by atoms with Gasteiger partial charge in [0, 0.05) is 20.1 Å². The molecule has 0 aromatic carbocycles. The minimum absolute atomic E-state index is 0.0139. The van der Waals surface area contributed by atoms with Gasteiger partial charge in [-0.25, -0.2) is 0 Å². The van der Waals surface area contributed by atoms with Crippen LogP contribution in [0.2, 0.25) is 0 Å². The lowest BCUT2D eigenvalue weighted by Gasteiger charge is -2.25. The Bertz CT molecular complexity index is 128. The number of hydrogen-bond acceptors (Lipinski definition) is 2. The molecular formula is C9H16O2. The number of hydrogen-bond donors (Lipinski definition) is 0.